The van der Waals surface area contributed by atoms with Gasteiger partial charge >= 0.3 is 0 Å². The SMILES string of the molecule is CCCn1c2ccccc2c2cnn(CC(=O)Nc3cc(-c4cccc(F)c4)no3)c(=O)c21. The van der Waals surface area contributed by atoms with Crippen LogP contribution in [0.15, 0.2) is 70.1 Å². The van der Waals surface area contributed by atoms with Crippen LogP contribution in [0.25, 0.3) is 33.1 Å². The van der Waals surface area contributed by atoms with E-state index >= 15 is 0 Å². The van der Waals surface area contributed by atoms with Gasteiger partial charge in [0.15, 0.2) is 0 Å². The normalized spacial score (nSPS) is 11.3. The maximum atomic E-state index is 13.4. The molecule has 0 aliphatic rings. The fraction of sp³-hybridized carbons (Fsp3) is 0.167. The number of carbonyl (C=O) groups is 1. The maximum Gasteiger partial charge on any atom is 0.291 e. The van der Waals surface area contributed by atoms with Crippen molar-refractivity contribution in [3.05, 3.63) is 77.0 Å². The summed E-state index contributed by atoms with van der Waals surface area (Å²) in [4.78, 5) is 25.8. The summed E-state index contributed by atoms with van der Waals surface area (Å²) >= 11 is 0. The van der Waals surface area contributed by atoms with Gasteiger partial charge in [-0.05, 0) is 24.6 Å². The number of anilines is 1. The van der Waals surface area contributed by atoms with Gasteiger partial charge in [0, 0.05) is 34.5 Å². The van der Waals surface area contributed by atoms with Gasteiger partial charge < -0.3 is 9.09 Å². The zero-order valence-corrected chi connectivity index (χ0v) is 17.8. The van der Waals surface area contributed by atoms with Gasteiger partial charge in [0.2, 0.25) is 11.8 Å². The van der Waals surface area contributed by atoms with Gasteiger partial charge in [-0.25, -0.2) is 9.07 Å². The van der Waals surface area contributed by atoms with Gasteiger partial charge in [-0.15, -0.1) is 0 Å². The Labute approximate surface area is 187 Å². The molecule has 5 aromatic rings. The number of fused-ring (bicyclic) bond motifs is 3. The number of hydrogen-bond donors (Lipinski definition) is 1. The summed E-state index contributed by atoms with van der Waals surface area (Å²) in [5.41, 5.74) is 2.04. The average molecular weight is 445 g/mol. The molecule has 0 bridgehead atoms. The van der Waals surface area contributed by atoms with E-state index in [0.717, 1.165) is 27.4 Å². The quantitative estimate of drug-likeness (QED) is 0.423. The number of carbonyl (C=O) groups excluding carboxylic acids is 1. The first-order valence-corrected chi connectivity index (χ1v) is 10.5. The molecule has 0 fully saturated rings. The zero-order chi connectivity index (χ0) is 22.9. The smallest absolute Gasteiger partial charge is 0.291 e. The molecule has 0 radical (unpaired) electrons. The van der Waals surface area contributed by atoms with Crippen LogP contribution in [0.1, 0.15) is 13.3 Å². The predicted molar refractivity (Wildman–Crippen MR) is 122 cm³/mol. The minimum Gasteiger partial charge on any atom is -0.338 e. The highest BCUT2D eigenvalue weighted by atomic mass is 19.1. The second kappa shape index (κ2) is 8.34. The molecule has 0 saturated carbocycles. The second-order valence-electron chi connectivity index (χ2n) is 7.67. The summed E-state index contributed by atoms with van der Waals surface area (Å²) < 4.78 is 21.7. The third-order valence-electron chi connectivity index (χ3n) is 5.41. The second-order valence-corrected chi connectivity index (χ2v) is 7.67. The lowest BCUT2D eigenvalue weighted by atomic mass is 10.1. The van der Waals surface area contributed by atoms with Crippen molar-refractivity contribution in [2.75, 3.05) is 5.32 Å². The van der Waals surface area contributed by atoms with Crippen molar-refractivity contribution < 1.29 is 13.7 Å². The Hall–Kier alpha value is -4.27. The van der Waals surface area contributed by atoms with Crippen molar-refractivity contribution in [2.24, 2.45) is 0 Å². The third-order valence-corrected chi connectivity index (χ3v) is 5.41. The molecule has 9 heteroatoms. The lowest BCUT2D eigenvalue weighted by Gasteiger charge is -2.07. The third kappa shape index (κ3) is 3.78. The van der Waals surface area contributed by atoms with E-state index < -0.39 is 11.7 Å². The number of benzene rings is 2. The Balaban J connectivity index is 1.42. The first-order chi connectivity index (χ1) is 16.0. The molecule has 5 rings (SSSR count). The first kappa shape index (κ1) is 20.6. The fourth-order valence-electron chi connectivity index (χ4n) is 3.99. The highest BCUT2D eigenvalue weighted by Crippen LogP contribution is 2.26. The van der Waals surface area contributed by atoms with Crippen molar-refractivity contribution in [2.45, 2.75) is 26.4 Å². The van der Waals surface area contributed by atoms with E-state index in [4.69, 9.17) is 4.52 Å². The van der Waals surface area contributed by atoms with Gasteiger partial charge in [0.05, 0.1) is 6.20 Å². The van der Waals surface area contributed by atoms with Crippen molar-refractivity contribution in [3.8, 4) is 11.3 Å². The van der Waals surface area contributed by atoms with Gasteiger partial charge in [0.25, 0.3) is 5.56 Å². The van der Waals surface area contributed by atoms with E-state index in [2.05, 4.69) is 15.6 Å². The van der Waals surface area contributed by atoms with E-state index in [1.165, 1.54) is 18.2 Å². The highest BCUT2D eigenvalue weighted by Gasteiger charge is 2.17. The van der Waals surface area contributed by atoms with Crippen LogP contribution in [0.3, 0.4) is 0 Å². The Morgan fingerprint density at radius 2 is 1.97 bits per heavy atom. The summed E-state index contributed by atoms with van der Waals surface area (Å²) in [5.74, 6) is -0.806. The molecular weight excluding hydrogens is 425 g/mol. The Morgan fingerprint density at radius 3 is 2.79 bits per heavy atom. The Kier molecular flexibility index (Phi) is 5.21. The summed E-state index contributed by atoms with van der Waals surface area (Å²) in [5, 5.41) is 12.4. The van der Waals surface area contributed by atoms with E-state index in [-0.39, 0.29) is 18.0 Å². The number of rotatable bonds is 6. The average Bonchev–Trinajstić information content (AvgIpc) is 3.39. The van der Waals surface area contributed by atoms with E-state index in [1.54, 1.807) is 18.3 Å². The number of nitrogens with zero attached hydrogens (tertiary/aromatic N) is 4. The van der Waals surface area contributed by atoms with Crippen LogP contribution < -0.4 is 10.9 Å². The predicted octanol–water partition coefficient (Wildman–Crippen LogP) is 4.19. The van der Waals surface area contributed by atoms with Gasteiger partial charge in [-0.3, -0.25) is 14.9 Å². The van der Waals surface area contributed by atoms with Gasteiger partial charge in [-0.1, -0.05) is 42.4 Å². The van der Waals surface area contributed by atoms with Crippen molar-refractivity contribution in [1.82, 2.24) is 19.5 Å². The zero-order valence-electron chi connectivity index (χ0n) is 17.8. The molecule has 0 aliphatic heterocycles. The van der Waals surface area contributed by atoms with Crippen molar-refractivity contribution in [1.29, 1.82) is 0 Å². The number of halogens is 1. The molecule has 33 heavy (non-hydrogen) atoms. The molecule has 0 unspecified atom stereocenters. The standard InChI is InChI=1S/C24H20FN5O3/c1-2-10-29-20-9-4-3-8-17(20)18-13-26-30(24(32)23(18)29)14-21(31)27-22-12-19(28-33-22)15-6-5-7-16(25)11-15/h3-9,11-13H,2,10,14H2,1H3,(H,27,31). The number of para-hydroxylation sites is 1. The molecule has 166 valence electrons. The van der Waals surface area contributed by atoms with Crippen LogP contribution in [-0.4, -0.2) is 25.4 Å². The van der Waals surface area contributed by atoms with Crippen molar-refractivity contribution >= 4 is 33.6 Å². The first-order valence-electron chi connectivity index (χ1n) is 10.5. The molecule has 1 amide bonds. The molecule has 1 N–H and O–H groups in total. The molecule has 0 saturated heterocycles. The molecular formula is C24H20FN5O3. The lowest BCUT2D eigenvalue weighted by molar-refractivity contribution is -0.117. The van der Waals surface area contributed by atoms with E-state index in [0.29, 0.717) is 23.3 Å². The van der Waals surface area contributed by atoms with E-state index in [1.807, 2.05) is 35.8 Å². The highest BCUT2D eigenvalue weighted by molar-refractivity contribution is 6.07. The molecule has 8 nitrogen and oxygen atoms in total. The molecule has 0 spiro atoms. The van der Waals surface area contributed by atoms with Gasteiger partial charge in [0.1, 0.15) is 23.6 Å². The number of hydrogen-bond acceptors (Lipinski definition) is 5. The van der Waals surface area contributed by atoms with Crippen LogP contribution in [0.4, 0.5) is 10.3 Å². The summed E-state index contributed by atoms with van der Waals surface area (Å²) in [6, 6.07) is 15.2. The minimum absolute atomic E-state index is 0.0912. The number of nitrogens with one attached hydrogen (secondary N) is 1. The minimum atomic E-state index is -0.496. The van der Waals surface area contributed by atoms with Crippen LogP contribution in [0.5, 0.6) is 0 Å². The monoisotopic (exact) mass is 445 g/mol. The molecule has 0 atom stereocenters. The molecule has 2 aromatic carbocycles. The van der Waals surface area contributed by atoms with E-state index in [9.17, 15) is 14.0 Å². The number of amides is 1. The van der Waals surface area contributed by atoms with Crippen molar-refractivity contribution in [3.63, 3.8) is 0 Å². The topological polar surface area (TPSA) is 95.0 Å². The molecule has 3 heterocycles. The summed E-state index contributed by atoms with van der Waals surface area (Å²) in [6.45, 7) is 2.43. The largest absolute Gasteiger partial charge is 0.338 e. The summed E-state index contributed by atoms with van der Waals surface area (Å²) in [7, 11) is 0. The summed E-state index contributed by atoms with van der Waals surface area (Å²) in [6.07, 6.45) is 2.48. The maximum absolute atomic E-state index is 13.4. The number of aryl methyl sites for hydroxylation is 1. The fourth-order valence-corrected chi connectivity index (χ4v) is 3.99. The van der Waals surface area contributed by atoms with Gasteiger partial charge in [-0.2, -0.15) is 5.10 Å². The van der Waals surface area contributed by atoms with Crippen LogP contribution in [-0.2, 0) is 17.9 Å². The lowest BCUT2D eigenvalue weighted by Crippen LogP contribution is -2.30. The molecule has 0 aliphatic carbocycles. The number of aromatic nitrogens is 4. The van der Waals surface area contributed by atoms with Crippen LogP contribution in [0, 0.1) is 5.82 Å². The van der Waals surface area contributed by atoms with Crippen LogP contribution in [0.2, 0.25) is 0 Å². The Morgan fingerprint density at radius 1 is 1.12 bits per heavy atom. The van der Waals surface area contributed by atoms with Crippen LogP contribution >= 0.6 is 0 Å². The molecule has 3 aromatic heterocycles. The Bertz CT molecular complexity index is 1550.